The van der Waals surface area contributed by atoms with Crippen LogP contribution < -0.4 is 5.32 Å². The third-order valence-corrected chi connectivity index (χ3v) is 3.06. The first-order valence-corrected chi connectivity index (χ1v) is 7.60. The van der Waals surface area contributed by atoms with E-state index in [-0.39, 0.29) is 18.2 Å². The molecule has 0 aliphatic heterocycles. The van der Waals surface area contributed by atoms with Crippen LogP contribution in [0.15, 0.2) is 18.2 Å². The molecule has 0 aliphatic carbocycles. The smallest absolute Gasteiger partial charge is 0.407 e. The van der Waals surface area contributed by atoms with Crippen LogP contribution >= 0.6 is 11.6 Å². The normalized spacial score (nSPS) is 12.4. The van der Waals surface area contributed by atoms with Crippen LogP contribution in [0.1, 0.15) is 39.2 Å². The molecule has 0 saturated heterocycles. The van der Waals surface area contributed by atoms with Gasteiger partial charge in [-0.3, -0.25) is 4.79 Å². The molecule has 1 unspecified atom stereocenters. The lowest BCUT2D eigenvalue weighted by Gasteiger charge is -2.21. The van der Waals surface area contributed by atoms with Gasteiger partial charge in [0.15, 0.2) is 0 Å². The van der Waals surface area contributed by atoms with Gasteiger partial charge in [-0.25, -0.2) is 9.18 Å². The van der Waals surface area contributed by atoms with E-state index in [0.29, 0.717) is 5.56 Å². The van der Waals surface area contributed by atoms with Crippen LogP contribution in [-0.2, 0) is 14.3 Å². The SMILES string of the molecule is CCOC(=O)C(CNC(=O)OC(C)(C)C)c1ccc(F)c(Cl)c1. The highest BCUT2D eigenvalue weighted by molar-refractivity contribution is 6.30. The van der Waals surface area contributed by atoms with E-state index in [1.165, 1.54) is 12.1 Å². The van der Waals surface area contributed by atoms with Crippen LogP contribution in [0.3, 0.4) is 0 Å². The van der Waals surface area contributed by atoms with E-state index in [1.807, 2.05) is 0 Å². The lowest BCUT2D eigenvalue weighted by Crippen LogP contribution is -2.36. The van der Waals surface area contributed by atoms with Gasteiger partial charge in [0.2, 0.25) is 0 Å². The van der Waals surface area contributed by atoms with Crippen LogP contribution in [0.4, 0.5) is 9.18 Å². The summed E-state index contributed by atoms with van der Waals surface area (Å²) in [7, 11) is 0. The van der Waals surface area contributed by atoms with E-state index in [1.54, 1.807) is 27.7 Å². The molecule has 23 heavy (non-hydrogen) atoms. The fourth-order valence-electron chi connectivity index (χ4n) is 1.81. The summed E-state index contributed by atoms with van der Waals surface area (Å²) in [6.45, 7) is 7.01. The second-order valence-corrected chi connectivity index (χ2v) is 6.27. The van der Waals surface area contributed by atoms with Gasteiger partial charge in [-0.2, -0.15) is 0 Å². The zero-order valence-electron chi connectivity index (χ0n) is 13.6. The van der Waals surface area contributed by atoms with Gasteiger partial charge < -0.3 is 14.8 Å². The van der Waals surface area contributed by atoms with Crippen molar-refractivity contribution in [2.24, 2.45) is 0 Å². The number of rotatable bonds is 5. The third-order valence-electron chi connectivity index (χ3n) is 2.77. The number of carbonyl (C=O) groups excluding carboxylic acids is 2. The predicted molar refractivity (Wildman–Crippen MR) is 85.0 cm³/mol. The molecule has 0 radical (unpaired) electrons. The minimum absolute atomic E-state index is 0.0459. The van der Waals surface area contributed by atoms with E-state index in [2.05, 4.69) is 5.32 Å². The largest absolute Gasteiger partial charge is 0.465 e. The molecule has 1 N–H and O–H groups in total. The molecule has 1 rings (SSSR count). The molecular formula is C16H21ClFNO4. The maximum atomic E-state index is 13.3. The average Bonchev–Trinajstić information content (AvgIpc) is 2.41. The lowest BCUT2D eigenvalue weighted by molar-refractivity contribution is -0.144. The molecule has 1 amide bonds. The molecule has 0 saturated carbocycles. The fourth-order valence-corrected chi connectivity index (χ4v) is 2.00. The highest BCUT2D eigenvalue weighted by atomic mass is 35.5. The molecule has 0 aromatic heterocycles. The van der Waals surface area contributed by atoms with Crippen LogP contribution in [0.5, 0.6) is 0 Å². The number of nitrogens with one attached hydrogen (secondary N) is 1. The Bertz CT molecular complexity index is 572. The summed E-state index contributed by atoms with van der Waals surface area (Å²) < 4.78 is 23.4. The number of hydrogen-bond donors (Lipinski definition) is 1. The molecule has 5 nitrogen and oxygen atoms in total. The Morgan fingerprint density at radius 3 is 2.52 bits per heavy atom. The van der Waals surface area contributed by atoms with Crippen LogP contribution in [0.2, 0.25) is 5.02 Å². The first-order valence-electron chi connectivity index (χ1n) is 7.22. The van der Waals surface area contributed by atoms with Gasteiger partial charge in [0.1, 0.15) is 11.4 Å². The number of halogens is 2. The summed E-state index contributed by atoms with van der Waals surface area (Å²) in [4.78, 5) is 23.8. The summed E-state index contributed by atoms with van der Waals surface area (Å²) in [5.41, 5.74) is -0.200. The number of amides is 1. The predicted octanol–water partition coefficient (Wildman–Crippen LogP) is 3.65. The standard InChI is InChI=1S/C16H21ClFNO4/c1-5-22-14(20)11(9-19-15(21)23-16(2,3)4)10-6-7-13(18)12(17)8-10/h6-8,11H,5,9H2,1-4H3,(H,19,21). The van der Waals surface area contributed by atoms with Crippen molar-refractivity contribution < 1.29 is 23.5 Å². The molecule has 0 aliphatic rings. The summed E-state index contributed by atoms with van der Waals surface area (Å²) >= 11 is 5.75. The molecule has 1 aromatic carbocycles. The van der Waals surface area contributed by atoms with Gasteiger partial charge in [0, 0.05) is 6.54 Å². The summed E-state index contributed by atoms with van der Waals surface area (Å²) in [5, 5.41) is 2.41. The van der Waals surface area contributed by atoms with Gasteiger partial charge in [0.25, 0.3) is 0 Å². The van der Waals surface area contributed by atoms with Crippen molar-refractivity contribution in [3.05, 3.63) is 34.6 Å². The molecule has 0 fully saturated rings. The van der Waals surface area contributed by atoms with Gasteiger partial charge in [-0.05, 0) is 45.4 Å². The lowest BCUT2D eigenvalue weighted by atomic mass is 9.99. The van der Waals surface area contributed by atoms with Crippen molar-refractivity contribution in [2.45, 2.75) is 39.2 Å². The van der Waals surface area contributed by atoms with Crippen LogP contribution in [0.25, 0.3) is 0 Å². The molecule has 0 heterocycles. The zero-order valence-corrected chi connectivity index (χ0v) is 14.4. The van der Waals surface area contributed by atoms with Gasteiger partial charge in [-0.1, -0.05) is 17.7 Å². The number of esters is 1. The molecule has 7 heteroatoms. The van der Waals surface area contributed by atoms with Crippen molar-refractivity contribution >= 4 is 23.7 Å². The van der Waals surface area contributed by atoms with Crippen molar-refractivity contribution in [3.8, 4) is 0 Å². The van der Waals surface area contributed by atoms with E-state index in [0.717, 1.165) is 6.07 Å². The summed E-state index contributed by atoms with van der Waals surface area (Å²) in [6.07, 6.45) is -0.653. The number of carbonyl (C=O) groups is 2. The Balaban J connectivity index is 2.87. The quantitative estimate of drug-likeness (QED) is 0.827. The molecule has 1 aromatic rings. The topological polar surface area (TPSA) is 64.6 Å². The summed E-state index contributed by atoms with van der Waals surface area (Å²) in [6, 6.07) is 3.94. The van der Waals surface area contributed by atoms with Crippen molar-refractivity contribution in [1.82, 2.24) is 5.32 Å². The number of hydrogen-bond acceptors (Lipinski definition) is 4. The number of alkyl carbamates (subject to hydrolysis) is 1. The Kier molecular flexibility index (Phi) is 6.81. The van der Waals surface area contributed by atoms with Gasteiger partial charge in [-0.15, -0.1) is 0 Å². The van der Waals surface area contributed by atoms with Gasteiger partial charge in [0.05, 0.1) is 17.5 Å². The van der Waals surface area contributed by atoms with E-state index in [4.69, 9.17) is 21.1 Å². The average molecular weight is 346 g/mol. The fraction of sp³-hybridized carbons (Fsp3) is 0.500. The van der Waals surface area contributed by atoms with Crippen LogP contribution in [0, 0.1) is 5.82 Å². The minimum Gasteiger partial charge on any atom is -0.465 e. The second-order valence-electron chi connectivity index (χ2n) is 5.86. The number of benzene rings is 1. The monoisotopic (exact) mass is 345 g/mol. The van der Waals surface area contributed by atoms with E-state index >= 15 is 0 Å². The zero-order chi connectivity index (χ0) is 17.6. The second kappa shape index (κ2) is 8.15. The highest BCUT2D eigenvalue weighted by Crippen LogP contribution is 2.23. The maximum absolute atomic E-state index is 13.3. The molecule has 0 spiro atoms. The Morgan fingerprint density at radius 1 is 1.35 bits per heavy atom. The molecular weight excluding hydrogens is 325 g/mol. The Morgan fingerprint density at radius 2 is 2.00 bits per heavy atom. The first kappa shape index (κ1) is 19.2. The Labute approximate surface area is 140 Å². The van der Waals surface area contributed by atoms with E-state index in [9.17, 15) is 14.0 Å². The summed E-state index contributed by atoms with van der Waals surface area (Å²) in [5.74, 6) is -1.93. The number of ether oxygens (including phenoxy) is 2. The first-order chi connectivity index (χ1) is 10.6. The van der Waals surface area contributed by atoms with E-state index < -0.39 is 29.4 Å². The van der Waals surface area contributed by atoms with Crippen molar-refractivity contribution in [2.75, 3.05) is 13.2 Å². The van der Waals surface area contributed by atoms with Crippen LogP contribution in [-0.4, -0.2) is 30.8 Å². The van der Waals surface area contributed by atoms with Crippen molar-refractivity contribution in [3.63, 3.8) is 0 Å². The van der Waals surface area contributed by atoms with Gasteiger partial charge >= 0.3 is 12.1 Å². The molecule has 128 valence electrons. The molecule has 0 bridgehead atoms. The highest BCUT2D eigenvalue weighted by Gasteiger charge is 2.25. The minimum atomic E-state index is -0.805. The Hall–Kier alpha value is -1.82. The molecule has 1 atom stereocenters. The third kappa shape index (κ3) is 6.44. The van der Waals surface area contributed by atoms with Crippen molar-refractivity contribution in [1.29, 1.82) is 0 Å². The maximum Gasteiger partial charge on any atom is 0.407 e.